The number of anilines is 2. The van der Waals surface area contributed by atoms with Crippen LogP contribution in [0.1, 0.15) is 21.6 Å². The zero-order valence-corrected chi connectivity index (χ0v) is 14.0. The van der Waals surface area contributed by atoms with Gasteiger partial charge in [-0.3, -0.25) is 4.79 Å². The molecule has 0 bridgehead atoms. The first-order valence-corrected chi connectivity index (χ1v) is 8.17. The molecule has 3 rings (SSSR count). The quantitative estimate of drug-likeness (QED) is 0.717. The molecule has 3 aromatic rings. The number of carbonyl (C=O) groups excluding carboxylic acids is 1. The summed E-state index contributed by atoms with van der Waals surface area (Å²) in [6, 6.07) is 20.3. The van der Waals surface area contributed by atoms with E-state index in [-0.39, 0.29) is 11.6 Å². The minimum Gasteiger partial charge on any atom is -0.354 e. The summed E-state index contributed by atoms with van der Waals surface area (Å²) in [5.41, 5.74) is 2.63. The second kappa shape index (κ2) is 8.40. The first-order chi connectivity index (χ1) is 12.7. The molecule has 2 aromatic carbocycles. The highest BCUT2D eigenvalue weighted by atomic mass is 16.1. The third-order valence-electron chi connectivity index (χ3n) is 3.70. The molecule has 0 saturated carbocycles. The maximum Gasteiger partial charge on any atom is 0.274 e. The van der Waals surface area contributed by atoms with Crippen molar-refractivity contribution in [2.45, 2.75) is 6.42 Å². The molecule has 0 aliphatic rings. The molecule has 0 aliphatic carbocycles. The van der Waals surface area contributed by atoms with Crippen LogP contribution in [0.5, 0.6) is 0 Å². The van der Waals surface area contributed by atoms with Gasteiger partial charge in [-0.05, 0) is 42.3 Å². The topological polar surface area (TPSA) is 90.7 Å². The van der Waals surface area contributed by atoms with E-state index in [1.807, 2.05) is 24.3 Å². The van der Waals surface area contributed by atoms with Gasteiger partial charge >= 0.3 is 0 Å². The number of nitrogens with zero attached hydrogens (tertiary/aromatic N) is 3. The summed E-state index contributed by atoms with van der Waals surface area (Å²) in [5, 5.41) is 14.7. The largest absolute Gasteiger partial charge is 0.354 e. The normalized spacial score (nSPS) is 9.96. The van der Waals surface area contributed by atoms with Crippen LogP contribution in [0.4, 0.5) is 11.6 Å². The molecule has 0 spiro atoms. The van der Waals surface area contributed by atoms with Gasteiger partial charge in [0, 0.05) is 18.4 Å². The summed E-state index contributed by atoms with van der Waals surface area (Å²) in [6.45, 7) is 0.671. The fourth-order valence-corrected chi connectivity index (χ4v) is 2.36. The van der Waals surface area contributed by atoms with Crippen LogP contribution in [-0.2, 0) is 6.42 Å². The van der Waals surface area contributed by atoms with Crippen LogP contribution in [-0.4, -0.2) is 22.4 Å². The Morgan fingerprint density at radius 3 is 2.54 bits per heavy atom. The van der Waals surface area contributed by atoms with Gasteiger partial charge in [0.25, 0.3) is 5.91 Å². The zero-order valence-electron chi connectivity index (χ0n) is 14.0. The van der Waals surface area contributed by atoms with Crippen LogP contribution in [0, 0.1) is 11.3 Å². The Morgan fingerprint density at radius 1 is 1.04 bits per heavy atom. The molecule has 1 amide bonds. The standard InChI is InChI=1S/C20H17N5O/c21-14-16-6-8-17(9-7-16)24-19(26)18-11-13-23-20(25-18)22-12-10-15-4-2-1-3-5-15/h1-9,11,13H,10,12H2,(H,24,26)(H,22,23,25). The van der Waals surface area contributed by atoms with Gasteiger partial charge < -0.3 is 10.6 Å². The van der Waals surface area contributed by atoms with E-state index in [0.29, 0.717) is 23.7 Å². The summed E-state index contributed by atoms with van der Waals surface area (Å²) >= 11 is 0. The van der Waals surface area contributed by atoms with E-state index in [4.69, 9.17) is 5.26 Å². The molecule has 0 saturated heterocycles. The van der Waals surface area contributed by atoms with Crippen molar-refractivity contribution in [1.29, 1.82) is 5.26 Å². The Hall–Kier alpha value is -3.72. The van der Waals surface area contributed by atoms with Gasteiger partial charge in [0.15, 0.2) is 0 Å². The summed E-state index contributed by atoms with van der Waals surface area (Å²) in [5.74, 6) is 0.0802. The monoisotopic (exact) mass is 343 g/mol. The van der Waals surface area contributed by atoms with Gasteiger partial charge in [0.1, 0.15) is 5.69 Å². The van der Waals surface area contributed by atoms with Crippen molar-refractivity contribution in [3.63, 3.8) is 0 Å². The van der Waals surface area contributed by atoms with Crippen molar-refractivity contribution in [2.24, 2.45) is 0 Å². The molecule has 6 heteroatoms. The van der Waals surface area contributed by atoms with Gasteiger partial charge in [-0.2, -0.15) is 5.26 Å². The van der Waals surface area contributed by atoms with Gasteiger partial charge in [0.05, 0.1) is 11.6 Å². The first kappa shape index (κ1) is 17.1. The number of nitriles is 1. The highest BCUT2D eigenvalue weighted by molar-refractivity contribution is 6.02. The van der Waals surface area contributed by atoms with E-state index in [2.05, 4.69) is 32.7 Å². The van der Waals surface area contributed by atoms with Crippen molar-refractivity contribution in [2.75, 3.05) is 17.2 Å². The van der Waals surface area contributed by atoms with Crippen molar-refractivity contribution in [1.82, 2.24) is 9.97 Å². The first-order valence-electron chi connectivity index (χ1n) is 8.17. The number of hydrogen-bond donors (Lipinski definition) is 2. The third-order valence-corrected chi connectivity index (χ3v) is 3.70. The Balaban J connectivity index is 1.59. The third kappa shape index (κ3) is 4.65. The molecule has 128 valence electrons. The molecule has 0 fully saturated rings. The van der Waals surface area contributed by atoms with Crippen LogP contribution >= 0.6 is 0 Å². The van der Waals surface area contributed by atoms with Crippen LogP contribution < -0.4 is 10.6 Å². The molecule has 1 heterocycles. The van der Waals surface area contributed by atoms with E-state index in [0.717, 1.165) is 6.42 Å². The van der Waals surface area contributed by atoms with Gasteiger partial charge in [-0.1, -0.05) is 30.3 Å². The predicted molar refractivity (Wildman–Crippen MR) is 99.8 cm³/mol. The van der Waals surface area contributed by atoms with Crippen molar-refractivity contribution in [3.8, 4) is 6.07 Å². The van der Waals surface area contributed by atoms with Crippen molar-refractivity contribution >= 4 is 17.5 Å². The molecule has 26 heavy (non-hydrogen) atoms. The Bertz CT molecular complexity index is 917. The number of nitrogens with one attached hydrogen (secondary N) is 2. The number of amides is 1. The molecule has 6 nitrogen and oxygen atoms in total. The molecule has 0 unspecified atom stereocenters. The summed E-state index contributed by atoms with van der Waals surface area (Å²) < 4.78 is 0. The molecular formula is C20H17N5O. The highest BCUT2D eigenvalue weighted by Crippen LogP contribution is 2.11. The fraction of sp³-hybridized carbons (Fsp3) is 0.100. The number of rotatable bonds is 6. The van der Waals surface area contributed by atoms with Gasteiger partial charge in [-0.15, -0.1) is 0 Å². The van der Waals surface area contributed by atoms with Gasteiger partial charge in [-0.25, -0.2) is 9.97 Å². The van der Waals surface area contributed by atoms with E-state index >= 15 is 0 Å². The summed E-state index contributed by atoms with van der Waals surface area (Å²) in [6.07, 6.45) is 2.39. The van der Waals surface area contributed by atoms with Gasteiger partial charge in [0.2, 0.25) is 5.95 Å². The Labute approximate surface area is 151 Å². The maximum absolute atomic E-state index is 12.3. The lowest BCUT2D eigenvalue weighted by atomic mass is 10.1. The number of benzene rings is 2. The van der Waals surface area contributed by atoms with E-state index in [9.17, 15) is 4.79 Å². The lowest BCUT2D eigenvalue weighted by Gasteiger charge is -2.07. The summed E-state index contributed by atoms with van der Waals surface area (Å²) in [4.78, 5) is 20.7. The zero-order chi connectivity index (χ0) is 18.2. The number of aromatic nitrogens is 2. The van der Waals surface area contributed by atoms with E-state index < -0.39 is 0 Å². The van der Waals surface area contributed by atoms with Crippen molar-refractivity contribution < 1.29 is 4.79 Å². The lowest BCUT2D eigenvalue weighted by molar-refractivity contribution is 0.102. The van der Waals surface area contributed by atoms with Crippen LogP contribution in [0.25, 0.3) is 0 Å². The lowest BCUT2D eigenvalue weighted by Crippen LogP contribution is -2.16. The fourth-order valence-electron chi connectivity index (χ4n) is 2.36. The smallest absolute Gasteiger partial charge is 0.274 e. The average Bonchev–Trinajstić information content (AvgIpc) is 2.69. The van der Waals surface area contributed by atoms with E-state index in [1.165, 1.54) is 5.56 Å². The predicted octanol–water partition coefficient (Wildman–Crippen LogP) is 3.26. The van der Waals surface area contributed by atoms with Crippen LogP contribution in [0.3, 0.4) is 0 Å². The van der Waals surface area contributed by atoms with Crippen LogP contribution in [0.15, 0.2) is 66.9 Å². The number of hydrogen-bond acceptors (Lipinski definition) is 5. The SMILES string of the molecule is N#Cc1ccc(NC(=O)c2ccnc(NCCc3ccccc3)n2)cc1. The molecule has 1 aromatic heterocycles. The maximum atomic E-state index is 12.3. The van der Waals surface area contributed by atoms with Crippen LogP contribution in [0.2, 0.25) is 0 Å². The average molecular weight is 343 g/mol. The molecule has 0 aliphatic heterocycles. The minimum atomic E-state index is -0.330. The Kier molecular flexibility index (Phi) is 5.53. The number of carbonyl (C=O) groups is 1. The second-order valence-corrected chi connectivity index (χ2v) is 5.57. The van der Waals surface area contributed by atoms with Crippen molar-refractivity contribution in [3.05, 3.63) is 83.7 Å². The molecule has 0 atom stereocenters. The molecule has 2 N–H and O–H groups in total. The minimum absolute atomic E-state index is 0.270. The Morgan fingerprint density at radius 2 is 1.81 bits per heavy atom. The highest BCUT2D eigenvalue weighted by Gasteiger charge is 2.09. The summed E-state index contributed by atoms with van der Waals surface area (Å²) in [7, 11) is 0. The molecule has 0 radical (unpaired) electrons. The van der Waals surface area contributed by atoms with E-state index in [1.54, 1.807) is 36.5 Å². The second-order valence-electron chi connectivity index (χ2n) is 5.57. The molecular weight excluding hydrogens is 326 g/mol.